The van der Waals surface area contributed by atoms with Crippen LogP contribution in [0.3, 0.4) is 0 Å². The van der Waals surface area contributed by atoms with Crippen LogP contribution >= 0.6 is 31.9 Å². The van der Waals surface area contributed by atoms with Crippen LogP contribution in [-0.2, 0) is 0 Å². The molecule has 0 aliphatic heterocycles. The van der Waals surface area contributed by atoms with Crippen molar-refractivity contribution < 1.29 is 13.6 Å². The van der Waals surface area contributed by atoms with Gasteiger partial charge in [0.2, 0.25) is 0 Å². The van der Waals surface area contributed by atoms with Crippen LogP contribution in [-0.4, -0.2) is 22.1 Å². The first-order valence-corrected chi connectivity index (χ1v) is 7.06. The van der Waals surface area contributed by atoms with Crippen LogP contribution in [0.15, 0.2) is 18.2 Å². The molecule has 1 aromatic rings. The molecule has 0 spiro atoms. The Morgan fingerprint density at radius 3 is 2.18 bits per heavy atom. The molecule has 0 bridgehead atoms. The van der Waals surface area contributed by atoms with E-state index in [-0.39, 0.29) is 0 Å². The van der Waals surface area contributed by atoms with E-state index in [1.54, 1.807) is 6.92 Å². The van der Waals surface area contributed by atoms with Crippen molar-refractivity contribution in [3.05, 3.63) is 35.4 Å². The molecule has 1 rings (SSSR count). The molecule has 1 aromatic carbocycles. The van der Waals surface area contributed by atoms with Gasteiger partial charge in [-0.15, -0.1) is 0 Å². The zero-order chi connectivity index (χ0) is 13.1. The minimum absolute atomic E-state index is 0.465. The third kappa shape index (κ3) is 3.48. The molecule has 0 unspecified atom stereocenters. The summed E-state index contributed by atoms with van der Waals surface area (Å²) in [5.41, 5.74) is -1.16. The van der Waals surface area contributed by atoms with Gasteiger partial charge in [0.25, 0.3) is 5.91 Å². The van der Waals surface area contributed by atoms with Crippen LogP contribution in [0.2, 0.25) is 0 Å². The molecule has 0 saturated heterocycles. The van der Waals surface area contributed by atoms with Gasteiger partial charge in [0.1, 0.15) is 17.2 Å². The molecule has 0 heterocycles. The largest absolute Gasteiger partial charge is 0.345 e. The van der Waals surface area contributed by atoms with Crippen molar-refractivity contribution >= 4 is 37.8 Å². The average Bonchev–Trinajstić information content (AvgIpc) is 2.28. The highest BCUT2D eigenvalue weighted by Crippen LogP contribution is 2.16. The lowest BCUT2D eigenvalue weighted by Crippen LogP contribution is -2.49. The summed E-state index contributed by atoms with van der Waals surface area (Å²) >= 11 is 6.48. The second-order valence-electron chi connectivity index (χ2n) is 3.88. The molecule has 0 aromatic heterocycles. The minimum Gasteiger partial charge on any atom is -0.345 e. The SMILES string of the molecule is CC(CBr)(CBr)NC(=O)c1c(F)cccc1F. The molecular weight excluding hydrogens is 360 g/mol. The number of hydrogen-bond donors (Lipinski definition) is 1. The Morgan fingerprint density at radius 2 is 1.76 bits per heavy atom. The number of halogens is 4. The quantitative estimate of drug-likeness (QED) is 0.810. The third-order valence-corrected chi connectivity index (χ3v) is 4.67. The predicted molar refractivity (Wildman–Crippen MR) is 69.8 cm³/mol. The average molecular weight is 371 g/mol. The molecular formula is C11H11Br2F2NO. The van der Waals surface area contributed by atoms with E-state index in [1.807, 2.05) is 0 Å². The molecule has 0 saturated carbocycles. The lowest BCUT2D eigenvalue weighted by Gasteiger charge is -2.26. The Labute approximate surface area is 115 Å². The van der Waals surface area contributed by atoms with E-state index in [1.165, 1.54) is 6.07 Å². The molecule has 0 fully saturated rings. The molecule has 0 aliphatic carbocycles. The van der Waals surface area contributed by atoms with Gasteiger partial charge < -0.3 is 5.32 Å². The van der Waals surface area contributed by atoms with E-state index in [4.69, 9.17) is 0 Å². The summed E-state index contributed by atoms with van der Waals surface area (Å²) in [5, 5.41) is 3.51. The Balaban J connectivity index is 2.98. The van der Waals surface area contributed by atoms with Crippen LogP contribution in [0, 0.1) is 11.6 Å². The smallest absolute Gasteiger partial charge is 0.257 e. The number of rotatable bonds is 4. The Hall–Kier alpha value is -0.490. The second kappa shape index (κ2) is 5.91. The van der Waals surface area contributed by atoms with Gasteiger partial charge in [-0.1, -0.05) is 37.9 Å². The maximum atomic E-state index is 13.4. The predicted octanol–water partition coefficient (Wildman–Crippen LogP) is 3.24. The van der Waals surface area contributed by atoms with E-state index in [0.29, 0.717) is 10.7 Å². The van der Waals surface area contributed by atoms with E-state index in [9.17, 15) is 13.6 Å². The van der Waals surface area contributed by atoms with E-state index < -0.39 is 28.6 Å². The maximum absolute atomic E-state index is 13.4. The summed E-state index contributed by atoms with van der Waals surface area (Å²) in [7, 11) is 0. The van der Waals surface area contributed by atoms with Crippen LogP contribution in [0.1, 0.15) is 17.3 Å². The number of hydrogen-bond acceptors (Lipinski definition) is 1. The lowest BCUT2D eigenvalue weighted by atomic mass is 10.1. The van der Waals surface area contributed by atoms with E-state index in [2.05, 4.69) is 37.2 Å². The monoisotopic (exact) mass is 369 g/mol. The fourth-order valence-electron chi connectivity index (χ4n) is 1.15. The van der Waals surface area contributed by atoms with Crippen LogP contribution < -0.4 is 5.32 Å². The molecule has 6 heteroatoms. The van der Waals surface area contributed by atoms with Crippen LogP contribution in [0.5, 0.6) is 0 Å². The first kappa shape index (κ1) is 14.6. The van der Waals surface area contributed by atoms with Gasteiger partial charge in [0.05, 0.1) is 5.54 Å². The fraction of sp³-hybridized carbons (Fsp3) is 0.364. The van der Waals surface area contributed by atoms with Crippen molar-refractivity contribution in [2.45, 2.75) is 12.5 Å². The van der Waals surface area contributed by atoms with Crippen molar-refractivity contribution in [1.29, 1.82) is 0 Å². The Kier molecular flexibility index (Phi) is 5.06. The number of amides is 1. The zero-order valence-electron chi connectivity index (χ0n) is 9.07. The summed E-state index contributed by atoms with van der Waals surface area (Å²) < 4.78 is 26.7. The normalized spacial score (nSPS) is 11.4. The van der Waals surface area contributed by atoms with Gasteiger partial charge in [-0.05, 0) is 19.1 Å². The Bertz CT molecular complexity index is 402. The van der Waals surface area contributed by atoms with Gasteiger partial charge in [0.15, 0.2) is 0 Å². The summed E-state index contributed by atoms with van der Waals surface area (Å²) in [6, 6.07) is 3.32. The van der Waals surface area contributed by atoms with Crippen molar-refractivity contribution in [3.63, 3.8) is 0 Å². The second-order valence-corrected chi connectivity index (χ2v) is 5.00. The van der Waals surface area contributed by atoms with Crippen LogP contribution in [0.25, 0.3) is 0 Å². The Morgan fingerprint density at radius 1 is 1.29 bits per heavy atom. The number of alkyl halides is 2. The fourth-order valence-corrected chi connectivity index (χ4v) is 2.36. The first-order chi connectivity index (χ1) is 7.93. The standard InChI is InChI=1S/C11H11Br2F2NO/c1-11(5-12,6-13)16-10(17)9-7(14)3-2-4-8(9)15/h2-4H,5-6H2,1H3,(H,16,17). The van der Waals surface area contributed by atoms with Crippen molar-refractivity contribution in [3.8, 4) is 0 Å². The van der Waals surface area contributed by atoms with Crippen molar-refractivity contribution in [2.24, 2.45) is 0 Å². The molecule has 0 atom stereocenters. The first-order valence-electron chi connectivity index (χ1n) is 4.82. The number of benzene rings is 1. The van der Waals surface area contributed by atoms with Gasteiger partial charge >= 0.3 is 0 Å². The molecule has 0 radical (unpaired) electrons. The molecule has 0 aliphatic rings. The van der Waals surface area contributed by atoms with E-state index in [0.717, 1.165) is 12.1 Å². The number of carbonyl (C=O) groups is 1. The highest BCUT2D eigenvalue weighted by Gasteiger charge is 2.27. The van der Waals surface area contributed by atoms with E-state index >= 15 is 0 Å². The van der Waals surface area contributed by atoms with Crippen molar-refractivity contribution in [2.75, 3.05) is 10.7 Å². The molecule has 1 N–H and O–H groups in total. The summed E-state index contributed by atoms with van der Waals surface area (Å²) in [4.78, 5) is 11.8. The lowest BCUT2D eigenvalue weighted by molar-refractivity contribution is 0.0914. The van der Waals surface area contributed by atoms with Gasteiger partial charge in [-0.25, -0.2) is 8.78 Å². The topological polar surface area (TPSA) is 29.1 Å². The number of nitrogens with one attached hydrogen (secondary N) is 1. The van der Waals surface area contributed by atoms with Crippen LogP contribution in [0.4, 0.5) is 8.78 Å². The molecule has 2 nitrogen and oxygen atoms in total. The highest BCUT2D eigenvalue weighted by molar-refractivity contribution is 9.09. The number of carbonyl (C=O) groups excluding carboxylic acids is 1. The molecule has 94 valence electrons. The molecule has 17 heavy (non-hydrogen) atoms. The summed E-state index contributed by atoms with van der Waals surface area (Å²) in [6.45, 7) is 1.76. The highest BCUT2D eigenvalue weighted by atomic mass is 79.9. The third-order valence-electron chi connectivity index (χ3n) is 2.20. The van der Waals surface area contributed by atoms with Crippen molar-refractivity contribution in [1.82, 2.24) is 5.32 Å². The minimum atomic E-state index is -0.867. The summed E-state index contributed by atoms with van der Waals surface area (Å²) in [6.07, 6.45) is 0. The van der Waals surface area contributed by atoms with Gasteiger partial charge in [-0.3, -0.25) is 4.79 Å². The zero-order valence-corrected chi connectivity index (χ0v) is 12.2. The van der Waals surface area contributed by atoms with Gasteiger partial charge in [-0.2, -0.15) is 0 Å². The summed E-state index contributed by atoms with van der Waals surface area (Å²) in [5.74, 6) is -2.50. The van der Waals surface area contributed by atoms with Gasteiger partial charge in [0, 0.05) is 10.7 Å². The maximum Gasteiger partial charge on any atom is 0.257 e. The molecule has 1 amide bonds.